The minimum Gasteiger partial charge on any atom is -0.461 e. The molecule has 27 heavy (non-hydrogen) atoms. The van der Waals surface area contributed by atoms with Gasteiger partial charge in [0, 0.05) is 36.4 Å². The van der Waals surface area contributed by atoms with Gasteiger partial charge in [0.2, 0.25) is 0 Å². The van der Waals surface area contributed by atoms with E-state index in [-0.39, 0.29) is 36.5 Å². The summed E-state index contributed by atoms with van der Waals surface area (Å²) in [6, 6.07) is 10.7. The van der Waals surface area contributed by atoms with E-state index in [1.807, 2.05) is 0 Å². The molecule has 2 aromatic carbocycles. The summed E-state index contributed by atoms with van der Waals surface area (Å²) < 4.78 is 5.02. The highest BCUT2D eigenvalue weighted by atomic mass is 16.6. The summed E-state index contributed by atoms with van der Waals surface area (Å²) in [6.45, 7) is 0.00203. The lowest BCUT2D eigenvalue weighted by molar-refractivity contribution is -0.385. The van der Waals surface area contributed by atoms with Crippen LogP contribution in [-0.2, 0) is 16.1 Å². The van der Waals surface area contributed by atoms with Crippen molar-refractivity contribution in [3.8, 4) is 0 Å². The van der Waals surface area contributed by atoms with Crippen LogP contribution in [0.5, 0.6) is 0 Å². The summed E-state index contributed by atoms with van der Waals surface area (Å²) in [6.07, 6.45) is -0.0638. The highest BCUT2D eigenvalue weighted by molar-refractivity contribution is 5.94. The molecule has 1 N–H and O–H groups in total. The Hall–Kier alpha value is -3.82. The van der Waals surface area contributed by atoms with E-state index in [4.69, 9.17) is 4.74 Å². The van der Waals surface area contributed by atoms with Gasteiger partial charge in [0.05, 0.1) is 16.3 Å². The number of carbonyl (C=O) groups is 2. The molecule has 0 aliphatic heterocycles. The normalized spacial score (nSPS) is 10.1. The van der Waals surface area contributed by atoms with Crippen molar-refractivity contribution in [2.24, 2.45) is 0 Å². The molecular weight excluding hydrogens is 358 g/mol. The van der Waals surface area contributed by atoms with Crippen LogP contribution in [0.2, 0.25) is 0 Å². The molecule has 140 valence electrons. The van der Waals surface area contributed by atoms with Crippen LogP contribution in [0.4, 0.5) is 11.4 Å². The van der Waals surface area contributed by atoms with E-state index in [9.17, 15) is 29.8 Å². The molecule has 0 unspecified atom stereocenters. The topological polar surface area (TPSA) is 142 Å². The summed E-state index contributed by atoms with van der Waals surface area (Å²) in [5, 5.41) is 23.6. The second-order valence-corrected chi connectivity index (χ2v) is 5.39. The van der Waals surface area contributed by atoms with Gasteiger partial charge in [0.15, 0.2) is 0 Å². The predicted octanol–water partition coefficient (Wildman–Crippen LogP) is 2.37. The first-order valence-corrected chi connectivity index (χ1v) is 7.78. The molecule has 0 fully saturated rings. The molecule has 0 bridgehead atoms. The molecule has 0 aromatic heterocycles. The van der Waals surface area contributed by atoms with Crippen molar-refractivity contribution < 1.29 is 24.2 Å². The summed E-state index contributed by atoms with van der Waals surface area (Å²) in [5.74, 6) is -1.01. The van der Waals surface area contributed by atoms with Crippen molar-refractivity contribution in [1.29, 1.82) is 0 Å². The maximum atomic E-state index is 11.9. The highest BCUT2D eigenvalue weighted by Gasteiger charge is 2.11. The van der Waals surface area contributed by atoms with Gasteiger partial charge in [-0.3, -0.25) is 29.8 Å². The molecule has 2 aromatic rings. The number of nitrogens with one attached hydrogen (secondary N) is 1. The first-order valence-electron chi connectivity index (χ1n) is 7.78. The number of hydrogen-bond donors (Lipinski definition) is 1. The Labute approximate surface area is 153 Å². The highest BCUT2D eigenvalue weighted by Crippen LogP contribution is 2.13. The fourth-order valence-electron chi connectivity index (χ4n) is 2.06. The van der Waals surface area contributed by atoms with Gasteiger partial charge in [-0.2, -0.15) is 0 Å². The molecule has 2 rings (SSSR count). The third-order valence-corrected chi connectivity index (χ3v) is 3.50. The van der Waals surface area contributed by atoms with E-state index in [1.54, 1.807) is 0 Å². The Morgan fingerprint density at radius 1 is 0.889 bits per heavy atom. The lowest BCUT2D eigenvalue weighted by Crippen LogP contribution is -2.26. The van der Waals surface area contributed by atoms with Crippen LogP contribution in [0.15, 0.2) is 48.5 Å². The molecule has 0 saturated carbocycles. The van der Waals surface area contributed by atoms with Crippen molar-refractivity contribution in [3.63, 3.8) is 0 Å². The van der Waals surface area contributed by atoms with Crippen LogP contribution in [0, 0.1) is 20.2 Å². The maximum Gasteiger partial charge on any atom is 0.307 e. The zero-order chi connectivity index (χ0) is 19.8. The standard InChI is InChI=1S/C17H15N3O7/c21-16(27-11-12-1-5-14(6-2-12)19(23)24)9-10-18-17(22)13-3-7-15(8-4-13)20(25)26/h1-8H,9-11H2,(H,18,22). The SMILES string of the molecule is O=C(CCNC(=O)c1ccc([N+](=O)[O-])cc1)OCc1ccc([N+](=O)[O-])cc1. The van der Waals surface area contributed by atoms with Crippen molar-refractivity contribution in [1.82, 2.24) is 5.32 Å². The van der Waals surface area contributed by atoms with Crippen molar-refractivity contribution in [3.05, 3.63) is 79.9 Å². The van der Waals surface area contributed by atoms with Gasteiger partial charge in [-0.1, -0.05) is 0 Å². The van der Waals surface area contributed by atoms with Gasteiger partial charge in [-0.05, 0) is 29.8 Å². The van der Waals surface area contributed by atoms with E-state index in [2.05, 4.69) is 5.32 Å². The van der Waals surface area contributed by atoms with Gasteiger partial charge in [-0.15, -0.1) is 0 Å². The molecule has 0 radical (unpaired) electrons. The van der Waals surface area contributed by atoms with Crippen molar-refractivity contribution in [2.75, 3.05) is 6.54 Å². The zero-order valence-corrected chi connectivity index (χ0v) is 14.0. The predicted molar refractivity (Wildman–Crippen MR) is 92.9 cm³/mol. The molecule has 0 spiro atoms. The van der Waals surface area contributed by atoms with Crippen molar-refractivity contribution >= 4 is 23.3 Å². The van der Waals surface area contributed by atoms with Crippen LogP contribution in [0.25, 0.3) is 0 Å². The van der Waals surface area contributed by atoms with E-state index >= 15 is 0 Å². The third kappa shape index (κ3) is 5.88. The lowest BCUT2D eigenvalue weighted by atomic mass is 10.2. The Kier molecular flexibility index (Phi) is 6.53. The van der Waals surface area contributed by atoms with Gasteiger partial charge in [-0.25, -0.2) is 0 Å². The summed E-state index contributed by atoms with van der Waals surface area (Å²) in [4.78, 5) is 43.6. The zero-order valence-electron chi connectivity index (χ0n) is 14.0. The maximum absolute atomic E-state index is 11.9. The molecule has 1 amide bonds. The van der Waals surface area contributed by atoms with E-state index in [1.165, 1.54) is 48.5 Å². The number of nitrogens with zero attached hydrogens (tertiary/aromatic N) is 2. The smallest absolute Gasteiger partial charge is 0.307 e. The average molecular weight is 373 g/mol. The quantitative estimate of drug-likeness (QED) is 0.425. The largest absolute Gasteiger partial charge is 0.461 e. The lowest BCUT2D eigenvalue weighted by Gasteiger charge is -2.06. The first kappa shape index (κ1) is 19.5. The van der Waals surface area contributed by atoms with Crippen molar-refractivity contribution in [2.45, 2.75) is 13.0 Å². The average Bonchev–Trinajstić information content (AvgIpc) is 2.66. The van der Waals surface area contributed by atoms with Gasteiger partial charge in [0.1, 0.15) is 6.61 Å². The van der Waals surface area contributed by atoms with Gasteiger partial charge >= 0.3 is 5.97 Å². The van der Waals surface area contributed by atoms with E-state index in [0.29, 0.717) is 5.56 Å². The first-order chi connectivity index (χ1) is 12.9. The fraction of sp³-hybridized carbons (Fsp3) is 0.176. The number of amides is 1. The monoisotopic (exact) mass is 373 g/mol. The second-order valence-electron chi connectivity index (χ2n) is 5.39. The molecule has 0 saturated heterocycles. The van der Waals surface area contributed by atoms with E-state index in [0.717, 1.165) is 0 Å². The van der Waals surface area contributed by atoms with Crippen LogP contribution in [0.3, 0.4) is 0 Å². The van der Waals surface area contributed by atoms with Crippen LogP contribution in [0.1, 0.15) is 22.3 Å². The Bertz CT molecular complexity index is 848. The van der Waals surface area contributed by atoms with Gasteiger partial charge in [0.25, 0.3) is 17.3 Å². The van der Waals surface area contributed by atoms with Crippen LogP contribution in [-0.4, -0.2) is 28.3 Å². The number of benzene rings is 2. The Morgan fingerprint density at radius 3 is 1.93 bits per heavy atom. The fourth-order valence-corrected chi connectivity index (χ4v) is 2.06. The molecule has 10 heteroatoms. The number of nitro benzene ring substituents is 2. The molecule has 10 nitrogen and oxygen atoms in total. The summed E-state index contributed by atoms with van der Waals surface area (Å²) in [7, 11) is 0. The summed E-state index contributed by atoms with van der Waals surface area (Å²) in [5.41, 5.74) is 0.657. The molecule has 0 atom stereocenters. The minimum absolute atomic E-state index is 0.0346. The third-order valence-electron chi connectivity index (χ3n) is 3.50. The molecule has 0 aliphatic rings. The number of hydrogen-bond acceptors (Lipinski definition) is 7. The van der Waals surface area contributed by atoms with Crippen LogP contribution < -0.4 is 5.32 Å². The van der Waals surface area contributed by atoms with E-state index < -0.39 is 21.7 Å². The minimum atomic E-state index is -0.567. The molecular formula is C17H15N3O7. The number of esters is 1. The molecule has 0 heterocycles. The number of nitro groups is 2. The van der Waals surface area contributed by atoms with Gasteiger partial charge < -0.3 is 10.1 Å². The second kappa shape index (κ2) is 9.04. The number of rotatable bonds is 8. The van der Waals surface area contributed by atoms with Crippen LogP contribution >= 0.6 is 0 Å². The Morgan fingerprint density at radius 2 is 1.41 bits per heavy atom. The number of non-ortho nitro benzene ring substituents is 2. The number of carbonyl (C=O) groups excluding carboxylic acids is 2. The number of ether oxygens (including phenoxy) is 1. The Balaban J connectivity index is 1.72. The molecule has 0 aliphatic carbocycles. The summed E-state index contributed by atoms with van der Waals surface area (Å²) >= 11 is 0.